The van der Waals surface area contributed by atoms with Crippen LogP contribution >= 0.6 is 0 Å². The average Bonchev–Trinajstić information content (AvgIpc) is 2.74. The van der Waals surface area contributed by atoms with E-state index in [1.165, 1.54) is 25.4 Å². The first-order chi connectivity index (χ1) is 5.86. The van der Waals surface area contributed by atoms with Gasteiger partial charge in [0.25, 0.3) is 0 Å². The average molecular weight is 165 g/mol. The zero-order valence-corrected chi connectivity index (χ0v) is 6.75. The molecule has 1 fully saturated rings. The van der Waals surface area contributed by atoms with Crippen LogP contribution in [0.5, 0.6) is 0 Å². The summed E-state index contributed by atoms with van der Waals surface area (Å²) >= 11 is 0. The molecule has 0 radical (unpaired) electrons. The Morgan fingerprint density at radius 3 is 3.08 bits per heavy atom. The number of rotatable bonds is 4. The van der Waals surface area contributed by atoms with E-state index in [0.29, 0.717) is 18.2 Å². The number of hydrogen-bond acceptors (Lipinski definition) is 3. The van der Waals surface area contributed by atoms with Crippen LogP contribution in [0.3, 0.4) is 0 Å². The van der Waals surface area contributed by atoms with Gasteiger partial charge in [0.2, 0.25) is 0 Å². The highest BCUT2D eigenvalue weighted by Gasteiger charge is 2.21. The van der Waals surface area contributed by atoms with Gasteiger partial charge in [0.05, 0.1) is 18.4 Å². The van der Waals surface area contributed by atoms with E-state index < -0.39 is 0 Å². The first-order valence-corrected chi connectivity index (χ1v) is 4.15. The van der Waals surface area contributed by atoms with Gasteiger partial charge >= 0.3 is 0 Å². The largest absolute Gasteiger partial charge is 0.472 e. The highest BCUT2D eigenvalue weighted by Crippen LogP contribution is 2.18. The van der Waals surface area contributed by atoms with Crippen molar-refractivity contribution in [2.24, 2.45) is 0 Å². The molecule has 2 rings (SSSR count). The molecule has 12 heavy (non-hydrogen) atoms. The van der Waals surface area contributed by atoms with Crippen molar-refractivity contribution in [2.45, 2.75) is 18.9 Å². The molecule has 0 saturated heterocycles. The molecule has 3 heteroatoms. The van der Waals surface area contributed by atoms with E-state index in [0.717, 1.165) is 0 Å². The lowest BCUT2D eigenvalue weighted by Crippen LogP contribution is -2.24. The van der Waals surface area contributed by atoms with Gasteiger partial charge in [0, 0.05) is 6.04 Å². The van der Waals surface area contributed by atoms with Gasteiger partial charge in [-0.25, -0.2) is 0 Å². The monoisotopic (exact) mass is 165 g/mol. The molecular formula is C9H11NO2. The zero-order chi connectivity index (χ0) is 8.39. The van der Waals surface area contributed by atoms with Crippen LogP contribution in [-0.4, -0.2) is 18.4 Å². The van der Waals surface area contributed by atoms with Crippen molar-refractivity contribution in [3.05, 3.63) is 24.2 Å². The van der Waals surface area contributed by atoms with Crippen molar-refractivity contribution in [3.8, 4) is 0 Å². The number of nitrogens with one attached hydrogen (secondary N) is 1. The van der Waals surface area contributed by atoms with Crippen LogP contribution < -0.4 is 5.32 Å². The molecule has 1 aliphatic carbocycles. The predicted octanol–water partition coefficient (Wildman–Crippen LogP) is 1.21. The fraction of sp³-hybridized carbons (Fsp3) is 0.444. The van der Waals surface area contributed by atoms with Crippen LogP contribution in [0.1, 0.15) is 23.2 Å². The standard InChI is InChI=1S/C9H11NO2/c11-9(5-10-8-1-2-8)7-3-4-12-6-7/h3-4,6,8,10H,1-2,5H2. The van der Waals surface area contributed by atoms with Crippen LogP contribution in [0.2, 0.25) is 0 Å². The predicted molar refractivity (Wildman–Crippen MR) is 44.1 cm³/mol. The maximum atomic E-state index is 11.3. The molecule has 1 heterocycles. The Labute approximate surface area is 70.8 Å². The molecule has 0 amide bonds. The van der Waals surface area contributed by atoms with Crippen molar-refractivity contribution >= 4 is 5.78 Å². The Bertz CT molecular complexity index is 262. The SMILES string of the molecule is O=C(CNC1CC1)c1ccoc1. The summed E-state index contributed by atoms with van der Waals surface area (Å²) in [5.41, 5.74) is 0.656. The molecule has 1 aromatic rings. The van der Waals surface area contributed by atoms with Gasteiger partial charge in [-0.05, 0) is 18.9 Å². The van der Waals surface area contributed by atoms with Gasteiger partial charge in [0.1, 0.15) is 6.26 Å². The Balaban J connectivity index is 1.83. The second-order valence-corrected chi connectivity index (χ2v) is 3.09. The number of carbonyl (C=O) groups excluding carboxylic acids is 1. The van der Waals surface area contributed by atoms with Gasteiger partial charge in [-0.2, -0.15) is 0 Å². The van der Waals surface area contributed by atoms with Crippen LogP contribution in [0.4, 0.5) is 0 Å². The van der Waals surface area contributed by atoms with Gasteiger partial charge in [-0.1, -0.05) is 0 Å². The van der Waals surface area contributed by atoms with E-state index in [2.05, 4.69) is 5.32 Å². The molecule has 1 aliphatic rings. The Kier molecular flexibility index (Phi) is 1.96. The van der Waals surface area contributed by atoms with Gasteiger partial charge in [0.15, 0.2) is 5.78 Å². The maximum absolute atomic E-state index is 11.3. The van der Waals surface area contributed by atoms with E-state index in [1.807, 2.05) is 0 Å². The van der Waals surface area contributed by atoms with E-state index in [9.17, 15) is 4.79 Å². The molecule has 0 unspecified atom stereocenters. The summed E-state index contributed by atoms with van der Waals surface area (Å²) in [5.74, 6) is 0.107. The van der Waals surface area contributed by atoms with Crippen LogP contribution in [0.15, 0.2) is 23.0 Å². The summed E-state index contributed by atoms with van der Waals surface area (Å²) in [6.07, 6.45) is 5.42. The molecule has 1 saturated carbocycles. The fourth-order valence-corrected chi connectivity index (χ4v) is 1.05. The summed E-state index contributed by atoms with van der Waals surface area (Å²) in [6, 6.07) is 2.28. The van der Waals surface area contributed by atoms with Crippen molar-refractivity contribution < 1.29 is 9.21 Å². The summed E-state index contributed by atoms with van der Waals surface area (Å²) in [7, 11) is 0. The third-order valence-corrected chi connectivity index (χ3v) is 1.97. The third-order valence-electron chi connectivity index (χ3n) is 1.97. The second-order valence-electron chi connectivity index (χ2n) is 3.09. The zero-order valence-electron chi connectivity index (χ0n) is 6.75. The van der Waals surface area contributed by atoms with Gasteiger partial charge in [-0.15, -0.1) is 0 Å². The van der Waals surface area contributed by atoms with Crippen molar-refractivity contribution in [1.29, 1.82) is 0 Å². The topological polar surface area (TPSA) is 42.2 Å². The molecule has 0 atom stereocenters. The quantitative estimate of drug-likeness (QED) is 0.682. The molecule has 1 N–H and O–H groups in total. The number of carbonyl (C=O) groups is 1. The Morgan fingerprint density at radius 2 is 2.50 bits per heavy atom. The van der Waals surface area contributed by atoms with E-state index in [-0.39, 0.29) is 5.78 Å². The lowest BCUT2D eigenvalue weighted by Gasteiger charge is -1.98. The molecule has 0 bridgehead atoms. The molecule has 64 valence electrons. The minimum Gasteiger partial charge on any atom is -0.472 e. The molecule has 0 aliphatic heterocycles. The number of ketones is 1. The van der Waals surface area contributed by atoms with Crippen molar-refractivity contribution in [2.75, 3.05) is 6.54 Å². The van der Waals surface area contributed by atoms with E-state index >= 15 is 0 Å². The van der Waals surface area contributed by atoms with Gasteiger partial charge < -0.3 is 9.73 Å². The first kappa shape index (κ1) is 7.55. The highest BCUT2D eigenvalue weighted by atomic mass is 16.3. The Hall–Kier alpha value is -1.09. The van der Waals surface area contributed by atoms with Crippen LogP contribution in [-0.2, 0) is 0 Å². The lowest BCUT2D eigenvalue weighted by molar-refractivity contribution is 0.0990. The smallest absolute Gasteiger partial charge is 0.179 e. The van der Waals surface area contributed by atoms with Crippen molar-refractivity contribution in [1.82, 2.24) is 5.32 Å². The number of hydrogen-bond donors (Lipinski definition) is 1. The second kappa shape index (κ2) is 3.11. The fourth-order valence-electron chi connectivity index (χ4n) is 1.05. The maximum Gasteiger partial charge on any atom is 0.179 e. The number of furan rings is 1. The first-order valence-electron chi connectivity index (χ1n) is 4.15. The summed E-state index contributed by atoms with van der Waals surface area (Å²) in [5, 5.41) is 3.15. The van der Waals surface area contributed by atoms with Gasteiger partial charge in [-0.3, -0.25) is 4.79 Å². The third kappa shape index (κ3) is 1.74. The van der Waals surface area contributed by atoms with Crippen molar-refractivity contribution in [3.63, 3.8) is 0 Å². The molecular weight excluding hydrogens is 154 g/mol. The minimum atomic E-state index is 0.107. The molecule has 0 aromatic carbocycles. The molecule has 0 spiro atoms. The summed E-state index contributed by atoms with van der Waals surface area (Å²) in [6.45, 7) is 0.435. The minimum absolute atomic E-state index is 0.107. The van der Waals surface area contributed by atoms with E-state index in [4.69, 9.17) is 4.42 Å². The molecule has 1 aromatic heterocycles. The van der Waals surface area contributed by atoms with Crippen LogP contribution in [0, 0.1) is 0 Å². The highest BCUT2D eigenvalue weighted by molar-refractivity contribution is 5.97. The summed E-state index contributed by atoms with van der Waals surface area (Å²) in [4.78, 5) is 11.3. The van der Waals surface area contributed by atoms with E-state index in [1.54, 1.807) is 6.07 Å². The summed E-state index contributed by atoms with van der Waals surface area (Å²) < 4.78 is 4.81. The van der Waals surface area contributed by atoms with Crippen LogP contribution in [0.25, 0.3) is 0 Å². The molecule has 3 nitrogen and oxygen atoms in total. The number of Topliss-reactive ketones (excluding diaryl/α,β-unsaturated/α-hetero) is 1. The Morgan fingerprint density at radius 1 is 1.67 bits per heavy atom. The lowest BCUT2D eigenvalue weighted by atomic mass is 10.2. The normalized spacial score (nSPS) is 16.3.